The van der Waals surface area contributed by atoms with Gasteiger partial charge in [0.25, 0.3) is 5.91 Å². The number of primary sulfonamides is 1. The standard InChI is InChI=1S/C11H15BrN2O3S/c12-8-9-2-4-10(5-3-9)11(15)14-6-1-7-18(13,16)17/h2-5H,1,6-8H2,(H,14,15)(H2,13,16,17). The summed E-state index contributed by atoms with van der Waals surface area (Å²) in [4.78, 5) is 11.7. The van der Waals surface area contributed by atoms with Crippen LogP contribution in [0.4, 0.5) is 0 Å². The zero-order valence-electron chi connectivity index (χ0n) is 9.73. The quantitative estimate of drug-likeness (QED) is 0.600. The van der Waals surface area contributed by atoms with E-state index in [4.69, 9.17) is 5.14 Å². The summed E-state index contributed by atoms with van der Waals surface area (Å²) in [6, 6.07) is 7.17. The second-order valence-corrected chi connectivity index (χ2v) is 6.10. The number of rotatable bonds is 6. The third-order valence-corrected chi connectivity index (χ3v) is 3.77. The highest BCUT2D eigenvalue weighted by molar-refractivity contribution is 9.08. The van der Waals surface area contributed by atoms with Crippen LogP contribution in [0.25, 0.3) is 0 Å². The largest absolute Gasteiger partial charge is 0.352 e. The van der Waals surface area contributed by atoms with Crippen LogP contribution in [0.3, 0.4) is 0 Å². The number of halogens is 1. The molecular weight excluding hydrogens is 320 g/mol. The van der Waals surface area contributed by atoms with E-state index in [2.05, 4.69) is 21.2 Å². The number of hydrogen-bond donors (Lipinski definition) is 2. The van der Waals surface area contributed by atoms with E-state index in [0.717, 1.165) is 10.9 Å². The summed E-state index contributed by atoms with van der Waals surface area (Å²) in [5.74, 6) is -0.346. The number of amides is 1. The minimum Gasteiger partial charge on any atom is -0.352 e. The van der Waals surface area contributed by atoms with E-state index in [-0.39, 0.29) is 18.2 Å². The molecule has 0 atom stereocenters. The molecule has 1 aromatic rings. The lowest BCUT2D eigenvalue weighted by Crippen LogP contribution is -2.27. The van der Waals surface area contributed by atoms with Gasteiger partial charge in [-0.1, -0.05) is 28.1 Å². The van der Waals surface area contributed by atoms with Gasteiger partial charge in [0.1, 0.15) is 0 Å². The Morgan fingerprint density at radius 3 is 2.39 bits per heavy atom. The van der Waals surface area contributed by atoms with Crippen LogP contribution in [-0.4, -0.2) is 26.6 Å². The number of carbonyl (C=O) groups excluding carboxylic acids is 1. The van der Waals surface area contributed by atoms with Gasteiger partial charge in [-0.3, -0.25) is 4.79 Å². The maximum Gasteiger partial charge on any atom is 0.251 e. The van der Waals surface area contributed by atoms with Crippen molar-refractivity contribution in [2.24, 2.45) is 5.14 Å². The molecule has 0 fully saturated rings. The molecule has 0 aliphatic rings. The Kier molecular flexibility index (Phi) is 5.77. The number of sulfonamides is 1. The summed E-state index contributed by atoms with van der Waals surface area (Å²) in [5.41, 5.74) is 1.64. The Morgan fingerprint density at radius 1 is 1.28 bits per heavy atom. The molecule has 0 heterocycles. The molecule has 100 valence electrons. The van der Waals surface area contributed by atoms with Gasteiger partial charge in [-0.15, -0.1) is 0 Å². The molecular formula is C11H15BrN2O3S. The van der Waals surface area contributed by atoms with Crippen molar-refractivity contribution in [3.63, 3.8) is 0 Å². The molecule has 0 aliphatic carbocycles. The van der Waals surface area contributed by atoms with Crippen molar-refractivity contribution in [1.82, 2.24) is 5.32 Å². The first kappa shape index (κ1) is 15.1. The SMILES string of the molecule is NS(=O)(=O)CCCNC(=O)c1ccc(CBr)cc1. The van der Waals surface area contributed by atoms with Gasteiger partial charge in [-0.05, 0) is 24.1 Å². The molecule has 0 radical (unpaired) electrons. The monoisotopic (exact) mass is 334 g/mol. The highest BCUT2D eigenvalue weighted by Crippen LogP contribution is 2.07. The third kappa shape index (κ3) is 5.61. The minimum absolute atomic E-state index is 0.129. The lowest BCUT2D eigenvalue weighted by Gasteiger charge is -2.05. The number of nitrogens with two attached hydrogens (primary N) is 1. The Morgan fingerprint density at radius 2 is 1.89 bits per heavy atom. The Hall–Kier alpha value is -0.920. The van der Waals surface area contributed by atoms with Crippen molar-refractivity contribution >= 4 is 31.9 Å². The van der Waals surface area contributed by atoms with E-state index in [1.165, 1.54) is 0 Å². The van der Waals surface area contributed by atoms with Crippen LogP contribution in [0.15, 0.2) is 24.3 Å². The molecule has 0 aromatic heterocycles. The molecule has 7 heteroatoms. The van der Waals surface area contributed by atoms with Crippen LogP contribution in [0.2, 0.25) is 0 Å². The Bertz CT molecular complexity index is 500. The molecule has 1 rings (SSSR count). The second-order valence-electron chi connectivity index (χ2n) is 3.81. The number of hydrogen-bond acceptors (Lipinski definition) is 3. The van der Waals surface area contributed by atoms with Crippen molar-refractivity contribution in [2.45, 2.75) is 11.8 Å². The summed E-state index contributed by atoms with van der Waals surface area (Å²) < 4.78 is 21.4. The molecule has 0 saturated carbocycles. The van der Waals surface area contributed by atoms with Crippen molar-refractivity contribution < 1.29 is 13.2 Å². The summed E-state index contributed by atoms with van der Waals surface area (Å²) in [6.07, 6.45) is 0.310. The normalized spacial score (nSPS) is 11.2. The molecule has 0 unspecified atom stereocenters. The highest BCUT2D eigenvalue weighted by Gasteiger charge is 2.06. The average molecular weight is 335 g/mol. The van der Waals surface area contributed by atoms with Crippen molar-refractivity contribution in [1.29, 1.82) is 0 Å². The number of carbonyl (C=O) groups is 1. The summed E-state index contributed by atoms with van der Waals surface area (Å²) in [6.45, 7) is 0.287. The minimum atomic E-state index is -3.45. The number of alkyl halides is 1. The van der Waals surface area contributed by atoms with Gasteiger partial charge in [-0.2, -0.15) is 0 Å². The van der Waals surface area contributed by atoms with Crippen molar-refractivity contribution in [3.8, 4) is 0 Å². The molecule has 0 spiro atoms. The maximum atomic E-state index is 11.7. The number of nitrogens with one attached hydrogen (secondary N) is 1. The van der Waals surface area contributed by atoms with Gasteiger partial charge in [0.05, 0.1) is 5.75 Å². The van der Waals surface area contributed by atoms with Crippen molar-refractivity contribution in [2.75, 3.05) is 12.3 Å². The molecule has 0 aliphatic heterocycles. The molecule has 18 heavy (non-hydrogen) atoms. The van der Waals surface area contributed by atoms with Crippen LogP contribution >= 0.6 is 15.9 Å². The average Bonchev–Trinajstić information content (AvgIpc) is 2.33. The van der Waals surface area contributed by atoms with Gasteiger partial charge >= 0.3 is 0 Å². The first-order chi connectivity index (χ1) is 8.42. The highest BCUT2D eigenvalue weighted by atomic mass is 79.9. The maximum absolute atomic E-state index is 11.7. The van der Waals surface area contributed by atoms with Crippen LogP contribution in [0.1, 0.15) is 22.3 Å². The van der Waals surface area contributed by atoms with E-state index in [9.17, 15) is 13.2 Å². The third-order valence-electron chi connectivity index (χ3n) is 2.26. The Labute approximate surface area is 115 Å². The first-order valence-electron chi connectivity index (χ1n) is 5.36. The second kappa shape index (κ2) is 6.86. The molecule has 0 saturated heterocycles. The molecule has 1 aromatic carbocycles. The summed E-state index contributed by atoms with van der Waals surface area (Å²) in [7, 11) is -3.45. The predicted molar refractivity (Wildman–Crippen MR) is 74.0 cm³/mol. The molecule has 3 N–H and O–H groups in total. The molecule has 0 bridgehead atoms. The fourth-order valence-electron chi connectivity index (χ4n) is 1.32. The van der Waals surface area contributed by atoms with E-state index in [0.29, 0.717) is 12.0 Å². The van der Waals surface area contributed by atoms with E-state index in [1.807, 2.05) is 12.1 Å². The zero-order chi connectivity index (χ0) is 13.6. The fraction of sp³-hybridized carbons (Fsp3) is 0.364. The van der Waals surface area contributed by atoms with Crippen molar-refractivity contribution in [3.05, 3.63) is 35.4 Å². The van der Waals surface area contributed by atoms with Gasteiger partial charge < -0.3 is 5.32 Å². The van der Waals surface area contributed by atoms with Crippen LogP contribution < -0.4 is 10.5 Å². The lowest BCUT2D eigenvalue weighted by molar-refractivity contribution is 0.0953. The molecule has 1 amide bonds. The van der Waals surface area contributed by atoms with Gasteiger partial charge in [0.15, 0.2) is 0 Å². The topological polar surface area (TPSA) is 89.3 Å². The van der Waals surface area contributed by atoms with Gasteiger partial charge in [-0.25, -0.2) is 13.6 Å². The lowest BCUT2D eigenvalue weighted by atomic mass is 10.1. The van der Waals surface area contributed by atoms with Gasteiger partial charge in [0.2, 0.25) is 10.0 Å². The number of benzene rings is 1. The molecule has 5 nitrogen and oxygen atoms in total. The van der Waals surface area contributed by atoms with E-state index in [1.54, 1.807) is 12.1 Å². The van der Waals surface area contributed by atoms with Crippen LogP contribution in [-0.2, 0) is 15.4 Å². The van der Waals surface area contributed by atoms with E-state index < -0.39 is 10.0 Å². The van der Waals surface area contributed by atoms with Crippen LogP contribution in [0, 0.1) is 0 Å². The smallest absolute Gasteiger partial charge is 0.251 e. The zero-order valence-corrected chi connectivity index (χ0v) is 12.1. The predicted octanol–water partition coefficient (Wildman–Crippen LogP) is 0.990. The fourth-order valence-corrected chi connectivity index (χ4v) is 2.24. The summed E-state index contributed by atoms with van der Waals surface area (Å²) in [5, 5.41) is 8.23. The summed E-state index contributed by atoms with van der Waals surface area (Å²) >= 11 is 3.32. The van der Waals surface area contributed by atoms with Crippen LogP contribution in [0.5, 0.6) is 0 Å². The van der Waals surface area contributed by atoms with E-state index >= 15 is 0 Å². The first-order valence-corrected chi connectivity index (χ1v) is 8.19. The van der Waals surface area contributed by atoms with Gasteiger partial charge in [0, 0.05) is 17.4 Å². The Balaban J connectivity index is 2.40.